The molecule has 0 aromatic rings. The minimum absolute atomic E-state index is 0.174. The van der Waals surface area contributed by atoms with E-state index in [1.165, 1.54) is 0 Å². The zero-order valence-electron chi connectivity index (χ0n) is 10.5. The van der Waals surface area contributed by atoms with Crippen LogP contribution in [0.25, 0.3) is 0 Å². The monoisotopic (exact) mass is 235 g/mol. The van der Waals surface area contributed by atoms with Crippen molar-refractivity contribution < 1.29 is 19.3 Å². The van der Waals surface area contributed by atoms with Crippen LogP contribution in [0.4, 0.5) is 0 Å². The molecular formula is C11H25NO4. The third-order valence-electron chi connectivity index (χ3n) is 2.22. The molecule has 0 aliphatic rings. The molecule has 5 heteroatoms. The van der Waals surface area contributed by atoms with Crippen molar-refractivity contribution in [2.24, 2.45) is 0 Å². The van der Waals surface area contributed by atoms with Crippen molar-refractivity contribution in [2.45, 2.75) is 6.42 Å². The SMILES string of the molecule is COCCCOCCN(CCO)CCOC. The topological polar surface area (TPSA) is 51.2 Å². The Hall–Kier alpha value is -0.200. The van der Waals surface area contributed by atoms with E-state index in [9.17, 15) is 0 Å². The lowest BCUT2D eigenvalue weighted by atomic mass is 10.4. The van der Waals surface area contributed by atoms with Gasteiger partial charge in [0.25, 0.3) is 0 Å². The number of methoxy groups -OCH3 is 2. The van der Waals surface area contributed by atoms with Gasteiger partial charge in [0, 0.05) is 47.1 Å². The molecule has 1 N–H and O–H groups in total. The predicted octanol–water partition coefficient (Wildman–Crippen LogP) is -0.0198. The molecule has 0 amide bonds. The quantitative estimate of drug-likeness (QED) is 0.482. The van der Waals surface area contributed by atoms with Gasteiger partial charge >= 0.3 is 0 Å². The molecule has 0 atom stereocenters. The Labute approximate surface area is 98.3 Å². The maximum atomic E-state index is 8.87. The molecule has 0 unspecified atom stereocenters. The van der Waals surface area contributed by atoms with E-state index in [2.05, 4.69) is 4.90 Å². The van der Waals surface area contributed by atoms with E-state index in [-0.39, 0.29) is 6.61 Å². The van der Waals surface area contributed by atoms with Crippen molar-refractivity contribution in [3.05, 3.63) is 0 Å². The standard InChI is InChI=1S/C11H25NO4/c1-14-8-3-9-16-11-6-12(4-7-13)5-10-15-2/h13H,3-11H2,1-2H3. The van der Waals surface area contributed by atoms with E-state index in [4.69, 9.17) is 19.3 Å². The Morgan fingerprint density at radius 1 is 0.875 bits per heavy atom. The van der Waals surface area contributed by atoms with Crippen LogP contribution < -0.4 is 0 Å². The van der Waals surface area contributed by atoms with Gasteiger partial charge < -0.3 is 19.3 Å². The summed E-state index contributed by atoms with van der Waals surface area (Å²) in [4.78, 5) is 2.12. The molecule has 0 aliphatic heterocycles. The molecule has 0 bridgehead atoms. The first-order valence-corrected chi connectivity index (χ1v) is 5.74. The second kappa shape index (κ2) is 12.9. The average molecular weight is 235 g/mol. The first-order valence-electron chi connectivity index (χ1n) is 5.74. The molecule has 0 saturated heterocycles. The first kappa shape index (κ1) is 15.8. The Morgan fingerprint density at radius 3 is 2.19 bits per heavy atom. The lowest BCUT2D eigenvalue weighted by molar-refractivity contribution is 0.0687. The summed E-state index contributed by atoms with van der Waals surface area (Å²) in [5, 5.41) is 8.87. The summed E-state index contributed by atoms with van der Waals surface area (Å²) in [6, 6.07) is 0. The molecule has 5 nitrogen and oxygen atoms in total. The van der Waals surface area contributed by atoms with Gasteiger partial charge in [-0.05, 0) is 6.42 Å². The predicted molar refractivity (Wildman–Crippen MR) is 62.7 cm³/mol. The maximum absolute atomic E-state index is 8.87. The number of hydrogen-bond acceptors (Lipinski definition) is 5. The normalized spacial score (nSPS) is 11.2. The number of nitrogens with zero attached hydrogens (tertiary/aromatic N) is 1. The molecule has 0 heterocycles. The molecule has 0 rings (SSSR count). The third-order valence-corrected chi connectivity index (χ3v) is 2.22. The van der Waals surface area contributed by atoms with Gasteiger partial charge in [0.2, 0.25) is 0 Å². The van der Waals surface area contributed by atoms with Gasteiger partial charge in [-0.2, -0.15) is 0 Å². The maximum Gasteiger partial charge on any atom is 0.0593 e. The van der Waals surface area contributed by atoms with E-state index < -0.39 is 0 Å². The van der Waals surface area contributed by atoms with E-state index in [0.29, 0.717) is 19.8 Å². The highest BCUT2D eigenvalue weighted by molar-refractivity contribution is 4.55. The van der Waals surface area contributed by atoms with Crippen molar-refractivity contribution in [1.29, 1.82) is 0 Å². The molecule has 0 aromatic carbocycles. The van der Waals surface area contributed by atoms with E-state index >= 15 is 0 Å². The molecule has 98 valence electrons. The second-order valence-electron chi connectivity index (χ2n) is 3.52. The van der Waals surface area contributed by atoms with Crippen molar-refractivity contribution in [2.75, 3.05) is 66.9 Å². The average Bonchev–Trinajstić information content (AvgIpc) is 2.30. The molecular weight excluding hydrogens is 210 g/mol. The van der Waals surface area contributed by atoms with E-state index in [0.717, 1.165) is 32.7 Å². The molecule has 0 aromatic heterocycles. The van der Waals surface area contributed by atoms with Crippen molar-refractivity contribution in [1.82, 2.24) is 4.90 Å². The van der Waals surface area contributed by atoms with Crippen molar-refractivity contribution >= 4 is 0 Å². The summed E-state index contributed by atoms with van der Waals surface area (Å²) in [6.45, 7) is 5.35. The zero-order chi connectivity index (χ0) is 12.1. The van der Waals surface area contributed by atoms with Gasteiger partial charge in [0.1, 0.15) is 0 Å². The van der Waals surface area contributed by atoms with Crippen LogP contribution in [0.3, 0.4) is 0 Å². The Bertz CT molecular complexity index is 135. The van der Waals surface area contributed by atoms with Crippen LogP contribution in [0.2, 0.25) is 0 Å². The smallest absolute Gasteiger partial charge is 0.0593 e. The fraction of sp³-hybridized carbons (Fsp3) is 1.00. The zero-order valence-corrected chi connectivity index (χ0v) is 10.5. The van der Waals surface area contributed by atoms with Crippen LogP contribution in [-0.2, 0) is 14.2 Å². The van der Waals surface area contributed by atoms with Gasteiger partial charge in [-0.1, -0.05) is 0 Å². The van der Waals surface area contributed by atoms with Crippen molar-refractivity contribution in [3.8, 4) is 0 Å². The highest BCUT2D eigenvalue weighted by atomic mass is 16.5. The Kier molecular flexibility index (Phi) is 12.7. The van der Waals surface area contributed by atoms with Gasteiger partial charge in [-0.25, -0.2) is 0 Å². The molecule has 0 radical (unpaired) electrons. The summed E-state index contributed by atoms with van der Waals surface area (Å²) < 4.78 is 15.4. The number of hydrogen-bond donors (Lipinski definition) is 1. The summed E-state index contributed by atoms with van der Waals surface area (Å²) in [5.41, 5.74) is 0. The van der Waals surface area contributed by atoms with Gasteiger partial charge in [0.15, 0.2) is 0 Å². The fourth-order valence-electron chi connectivity index (χ4n) is 1.30. The third kappa shape index (κ3) is 10.3. The van der Waals surface area contributed by atoms with E-state index in [1.807, 2.05) is 0 Å². The first-order chi connectivity index (χ1) is 7.85. The van der Waals surface area contributed by atoms with Crippen LogP contribution in [0.5, 0.6) is 0 Å². The van der Waals surface area contributed by atoms with Gasteiger partial charge in [-0.3, -0.25) is 4.90 Å². The number of aliphatic hydroxyl groups excluding tert-OH is 1. The Morgan fingerprint density at radius 2 is 1.56 bits per heavy atom. The number of rotatable bonds is 12. The minimum Gasteiger partial charge on any atom is -0.395 e. The number of ether oxygens (including phenoxy) is 3. The van der Waals surface area contributed by atoms with Crippen LogP contribution in [0.1, 0.15) is 6.42 Å². The summed E-state index contributed by atoms with van der Waals surface area (Å²) >= 11 is 0. The van der Waals surface area contributed by atoms with Crippen molar-refractivity contribution in [3.63, 3.8) is 0 Å². The Balaban J connectivity index is 3.36. The van der Waals surface area contributed by atoms with Gasteiger partial charge in [0.05, 0.1) is 19.8 Å². The summed E-state index contributed by atoms with van der Waals surface area (Å²) in [6.07, 6.45) is 0.925. The highest BCUT2D eigenvalue weighted by Gasteiger charge is 2.03. The highest BCUT2D eigenvalue weighted by Crippen LogP contribution is 1.90. The van der Waals surface area contributed by atoms with Crippen LogP contribution >= 0.6 is 0 Å². The lowest BCUT2D eigenvalue weighted by Crippen LogP contribution is -2.33. The lowest BCUT2D eigenvalue weighted by Gasteiger charge is -2.20. The molecule has 0 saturated carbocycles. The summed E-state index contributed by atoms with van der Waals surface area (Å²) in [5.74, 6) is 0. The summed E-state index contributed by atoms with van der Waals surface area (Å²) in [7, 11) is 3.37. The fourth-order valence-corrected chi connectivity index (χ4v) is 1.30. The largest absolute Gasteiger partial charge is 0.395 e. The molecule has 16 heavy (non-hydrogen) atoms. The molecule has 0 spiro atoms. The molecule has 0 aliphatic carbocycles. The van der Waals surface area contributed by atoms with Gasteiger partial charge in [-0.15, -0.1) is 0 Å². The molecule has 0 fully saturated rings. The van der Waals surface area contributed by atoms with Crippen LogP contribution in [-0.4, -0.2) is 76.9 Å². The minimum atomic E-state index is 0.174. The second-order valence-corrected chi connectivity index (χ2v) is 3.52. The number of aliphatic hydroxyl groups is 1. The van der Waals surface area contributed by atoms with Crippen LogP contribution in [0, 0.1) is 0 Å². The van der Waals surface area contributed by atoms with E-state index in [1.54, 1.807) is 14.2 Å². The van der Waals surface area contributed by atoms with Crippen LogP contribution in [0.15, 0.2) is 0 Å².